The van der Waals surface area contributed by atoms with Gasteiger partial charge in [0.1, 0.15) is 11.5 Å². The summed E-state index contributed by atoms with van der Waals surface area (Å²) in [4.78, 5) is 29.9. The van der Waals surface area contributed by atoms with Crippen LogP contribution in [0.3, 0.4) is 0 Å². The fourth-order valence-corrected chi connectivity index (χ4v) is 4.46. The van der Waals surface area contributed by atoms with Crippen LogP contribution in [-0.4, -0.2) is 28.3 Å². The van der Waals surface area contributed by atoms with E-state index in [4.69, 9.17) is 0 Å². The number of benzene rings is 3. The van der Waals surface area contributed by atoms with E-state index in [0.717, 1.165) is 5.69 Å². The molecule has 3 aromatic carbocycles. The molecule has 1 aliphatic heterocycles. The number of fused-ring (bicyclic) bond motifs is 1. The molecule has 8 nitrogen and oxygen atoms in total. The highest BCUT2D eigenvalue weighted by atomic mass is 32.1. The Bertz CT molecular complexity index is 1540. The van der Waals surface area contributed by atoms with Gasteiger partial charge in [-0.25, -0.2) is 14.1 Å². The number of likely N-dealkylation sites (N-methyl/N-ethyl adjacent to an activating group) is 1. The van der Waals surface area contributed by atoms with Crippen LogP contribution in [0.25, 0.3) is 11.3 Å². The highest BCUT2D eigenvalue weighted by molar-refractivity contribution is 7.07. The van der Waals surface area contributed by atoms with Crippen molar-refractivity contribution >= 4 is 40.0 Å². The first-order valence-corrected chi connectivity index (χ1v) is 11.0. The summed E-state index contributed by atoms with van der Waals surface area (Å²) in [5.74, 6) is -0.777. The van der Waals surface area contributed by atoms with Gasteiger partial charge in [0.2, 0.25) is 4.80 Å². The zero-order chi connectivity index (χ0) is 23.8. The van der Waals surface area contributed by atoms with Crippen molar-refractivity contribution in [3.63, 3.8) is 0 Å². The molecule has 0 N–H and O–H groups in total. The summed E-state index contributed by atoms with van der Waals surface area (Å²) in [6.07, 6.45) is 0. The number of para-hydroxylation sites is 2. The first-order chi connectivity index (χ1) is 16.4. The number of aromatic nitrogens is 1. The summed E-state index contributed by atoms with van der Waals surface area (Å²) >= 11 is 1.22. The van der Waals surface area contributed by atoms with Crippen LogP contribution >= 0.6 is 11.3 Å². The lowest BCUT2D eigenvalue weighted by Gasteiger charge is -2.08. The fourth-order valence-electron chi connectivity index (χ4n) is 3.62. The zero-order valence-corrected chi connectivity index (χ0v) is 18.6. The second-order valence-corrected chi connectivity index (χ2v) is 8.25. The van der Waals surface area contributed by atoms with Crippen LogP contribution in [0, 0.1) is 15.9 Å². The van der Waals surface area contributed by atoms with Gasteiger partial charge < -0.3 is 4.90 Å². The summed E-state index contributed by atoms with van der Waals surface area (Å²) < 4.78 is 15.8. The maximum absolute atomic E-state index is 14.3. The average Bonchev–Trinajstić information content (AvgIpc) is 3.35. The van der Waals surface area contributed by atoms with E-state index in [-0.39, 0.29) is 23.0 Å². The number of nitro groups is 1. The van der Waals surface area contributed by atoms with Crippen molar-refractivity contribution in [1.29, 1.82) is 0 Å². The number of hydrogen-bond donors (Lipinski definition) is 0. The van der Waals surface area contributed by atoms with Gasteiger partial charge in [0, 0.05) is 35.7 Å². The van der Waals surface area contributed by atoms with E-state index in [1.54, 1.807) is 42.8 Å². The lowest BCUT2D eigenvalue weighted by atomic mass is 10.1. The second-order valence-electron chi connectivity index (χ2n) is 7.41. The molecule has 0 saturated heterocycles. The molecular formula is C24H16FN5O3S. The Morgan fingerprint density at radius 1 is 1.00 bits per heavy atom. The molecule has 34 heavy (non-hydrogen) atoms. The van der Waals surface area contributed by atoms with E-state index in [0.29, 0.717) is 21.6 Å². The van der Waals surface area contributed by atoms with Crippen molar-refractivity contribution in [3.8, 4) is 11.3 Å². The number of nitro benzene ring substituents is 1. The molecule has 4 aromatic rings. The molecule has 0 bridgehead atoms. The number of halogens is 1. The molecule has 5 rings (SSSR count). The van der Waals surface area contributed by atoms with Crippen molar-refractivity contribution in [2.45, 2.75) is 0 Å². The summed E-state index contributed by atoms with van der Waals surface area (Å²) in [5.41, 5.74) is 2.88. The molecule has 0 spiro atoms. The Labute approximate surface area is 196 Å². The van der Waals surface area contributed by atoms with Gasteiger partial charge in [-0.15, -0.1) is 11.3 Å². The molecule has 168 valence electrons. The van der Waals surface area contributed by atoms with Crippen molar-refractivity contribution in [2.24, 2.45) is 10.1 Å². The smallest absolute Gasteiger partial charge is 0.279 e. The van der Waals surface area contributed by atoms with Crippen molar-refractivity contribution < 1.29 is 14.1 Å². The van der Waals surface area contributed by atoms with Gasteiger partial charge in [-0.3, -0.25) is 14.9 Å². The Morgan fingerprint density at radius 3 is 2.44 bits per heavy atom. The molecule has 0 unspecified atom stereocenters. The number of amides is 1. The maximum atomic E-state index is 14.3. The standard InChI is InChI=1S/C24H16FN5O3S/c1-28-20-9-5-2-6-17(20)22(23(28)31)27-29-21(15-10-12-16(13-11-15)30(32)33)14-34-24(29)26-19-8-4-3-7-18(19)25/h2-14H,1H3. The van der Waals surface area contributed by atoms with Gasteiger partial charge in [0.25, 0.3) is 11.6 Å². The van der Waals surface area contributed by atoms with E-state index >= 15 is 0 Å². The van der Waals surface area contributed by atoms with E-state index in [1.807, 2.05) is 24.3 Å². The SMILES string of the molecule is CN1C(=O)C(=Nn2c(-c3ccc([N+](=O)[O-])cc3)csc2=Nc2ccccc2F)c2ccccc21. The normalized spacial score (nSPS) is 14.6. The Kier molecular flexibility index (Phi) is 5.34. The largest absolute Gasteiger partial charge is 0.309 e. The lowest BCUT2D eigenvalue weighted by molar-refractivity contribution is -0.384. The van der Waals surface area contributed by atoms with Gasteiger partial charge in [-0.2, -0.15) is 5.10 Å². The molecule has 0 atom stereocenters. The van der Waals surface area contributed by atoms with E-state index in [2.05, 4.69) is 10.1 Å². The maximum Gasteiger partial charge on any atom is 0.279 e. The summed E-state index contributed by atoms with van der Waals surface area (Å²) in [6.45, 7) is 0. The molecular weight excluding hydrogens is 457 g/mol. The van der Waals surface area contributed by atoms with E-state index in [1.165, 1.54) is 39.1 Å². The fraction of sp³-hybridized carbons (Fsp3) is 0.0417. The number of nitrogens with zero attached hydrogens (tertiary/aromatic N) is 5. The van der Waals surface area contributed by atoms with E-state index in [9.17, 15) is 19.3 Å². The minimum atomic E-state index is -0.492. The summed E-state index contributed by atoms with van der Waals surface area (Å²) in [6, 6.07) is 19.4. The highest BCUT2D eigenvalue weighted by Gasteiger charge is 2.31. The predicted octanol–water partition coefficient (Wildman–Crippen LogP) is 4.73. The third kappa shape index (κ3) is 3.69. The van der Waals surface area contributed by atoms with Crippen LogP contribution in [-0.2, 0) is 4.79 Å². The van der Waals surface area contributed by atoms with Crippen molar-refractivity contribution in [1.82, 2.24) is 4.68 Å². The van der Waals surface area contributed by atoms with Gasteiger partial charge in [0.05, 0.1) is 16.3 Å². The molecule has 1 aliphatic rings. The Morgan fingerprint density at radius 2 is 1.71 bits per heavy atom. The molecule has 1 amide bonds. The Balaban J connectivity index is 1.74. The van der Waals surface area contributed by atoms with E-state index < -0.39 is 10.7 Å². The monoisotopic (exact) mass is 473 g/mol. The molecule has 1 aromatic heterocycles. The number of anilines is 1. The van der Waals surface area contributed by atoms with Crippen LogP contribution < -0.4 is 9.70 Å². The first kappa shape index (κ1) is 21.4. The third-order valence-corrected chi connectivity index (χ3v) is 6.17. The second kappa shape index (κ2) is 8.49. The van der Waals surface area contributed by atoms with Crippen molar-refractivity contribution in [3.05, 3.63) is 104 Å². The average molecular weight is 473 g/mol. The topological polar surface area (TPSA) is 93.1 Å². The zero-order valence-electron chi connectivity index (χ0n) is 17.8. The molecule has 2 heterocycles. The highest BCUT2D eigenvalue weighted by Crippen LogP contribution is 2.29. The van der Waals surface area contributed by atoms with Gasteiger partial charge in [-0.1, -0.05) is 30.3 Å². The summed E-state index contributed by atoms with van der Waals surface area (Å²) in [5, 5.41) is 17.5. The number of carbonyl (C=O) groups is 1. The van der Waals surface area contributed by atoms with Crippen LogP contribution in [0.15, 0.2) is 88.3 Å². The van der Waals surface area contributed by atoms with Crippen LogP contribution in [0.5, 0.6) is 0 Å². The first-order valence-electron chi connectivity index (χ1n) is 10.1. The quantitative estimate of drug-likeness (QED) is 0.317. The Hall–Kier alpha value is -4.44. The van der Waals surface area contributed by atoms with Crippen LogP contribution in [0.2, 0.25) is 0 Å². The van der Waals surface area contributed by atoms with Crippen LogP contribution in [0.4, 0.5) is 21.5 Å². The number of hydrogen-bond acceptors (Lipinski definition) is 6. The van der Waals surface area contributed by atoms with Gasteiger partial charge in [0.15, 0.2) is 5.71 Å². The number of rotatable bonds is 4. The third-order valence-electron chi connectivity index (χ3n) is 5.36. The predicted molar refractivity (Wildman–Crippen MR) is 128 cm³/mol. The van der Waals surface area contributed by atoms with Crippen molar-refractivity contribution in [2.75, 3.05) is 11.9 Å². The number of carbonyl (C=O) groups excluding carboxylic acids is 1. The molecule has 0 aliphatic carbocycles. The van der Waals surface area contributed by atoms with Gasteiger partial charge in [-0.05, 0) is 30.3 Å². The summed E-state index contributed by atoms with van der Waals surface area (Å²) in [7, 11) is 1.67. The van der Waals surface area contributed by atoms with Crippen LogP contribution in [0.1, 0.15) is 5.56 Å². The minimum Gasteiger partial charge on any atom is -0.309 e. The molecule has 10 heteroatoms. The molecule has 0 radical (unpaired) electrons. The number of thiazole rings is 1. The molecule has 0 fully saturated rings. The number of non-ortho nitro benzene ring substituents is 1. The minimum absolute atomic E-state index is 0.0466. The molecule has 0 saturated carbocycles. The van der Waals surface area contributed by atoms with Gasteiger partial charge >= 0.3 is 0 Å². The lowest BCUT2D eigenvalue weighted by Crippen LogP contribution is -2.27.